The number of hydrogen-bond acceptors (Lipinski definition) is 5. The Morgan fingerprint density at radius 1 is 0.941 bits per heavy atom. The lowest BCUT2D eigenvalue weighted by atomic mass is 9.68. The first kappa shape index (κ1) is 25.3. The van der Waals surface area contributed by atoms with Crippen LogP contribution >= 0.6 is 0 Å². The van der Waals surface area contributed by atoms with Crippen LogP contribution in [0.2, 0.25) is 0 Å². The molecule has 192 valence electrons. The molecule has 0 aromatic rings. The van der Waals surface area contributed by atoms with Crippen molar-refractivity contribution >= 4 is 17.9 Å². The van der Waals surface area contributed by atoms with Gasteiger partial charge in [0.1, 0.15) is 0 Å². The number of amides is 3. The Kier molecular flexibility index (Phi) is 8.05. The SMILES string of the molecule is CC(C)OC(=O)N1C[C@H](C)N(C(=O)C2CC2)C2CCC(C3CCC(C(=O)NCCN)CC3)CC21. The van der Waals surface area contributed by atoms with Gasteiger partial charge in [0.05, 0.1) is 18.2 Å². The minimum absolute atomic E-state index is 0.0214. The van der Waals surface area contributed by atoms with Crippen LogP contribution in [0.1, 0.15) is 78.6 Å². The maximum Gasteiger partial charge on any atom is 0.410 e. The summed E-state index contributed by atoms with van der Waals surface area (Å²) in [7, 11) is 0. The molecular weight excluding hydrogens is 432 g/mol. The van der Waals surface area contributed by atoms with E-state index in [1.807, 2.05) is 18.7 Å². The van der Waals surface area contributed by atoms with Crippen LogP contribution in [0.25, 0.3) is 0 Å². The highest BCUT2D eigenvalue weighted by molar-refractivity contribution is 5.82. The monoisotopic (exact) mass is 476 g/mol. The number of carbonyl (C=O) groups excluding carboxylic acids is 3. The third-order valence-electron chi connectivity index (χ3n) is 8.52. The number of piperazine rings is 1. The van der Waals surface area contributed by atoms with E-state index in [0.29, 0.717) is 37.4 Å². The zero-order chi connectivity index (χ0) is 24.4. The molecule has 8 heteroatoms. The van der Waals surface area contributed by atoms with Crippen LogP contribution in [0.5, 0.6) is 0 Å². The van der Waals surface area contributed by atoms with Crippen molar-refractivity contribution < 1.29 is 19.1 Å². The molecule has 3 aliphatic carbocycles. The van der Waals surface area contributed by atoms with Crippen LogP contribution in [-0.4, -0.2) is 71.6 Å². The molecule has 4 aliphatic rings. The van der Waals surface area contributed by atoms with E-state index in [1.165, 1.54) is 0 Å². The van der Waals surface area contributed by atoms with Gasteiger partial charge in [-0.3, -0.25) is 9.59 Å². The van der Waals surface area contributed by atoms with Crippen molar-refractivity contribution in [1.82, 2.24) is 15.1 Å². The number of hydrogen-bond donors (Lipinski definition) is 2. The molecule has 1 heterocycles. The normalized spacial score (nSPS) is 33.9. The molecule has 3 unspecified atom stereocenters. The lowest BCUT2D eigenvalue weighted by Gasteiger charge is -2.54. The van der Waals surface area contributed by atoms with E-state index in [0.717, 1.165) is 57.8 Å². The first-order valence-corrected chi connectivity index (χ1v) is 13.6. The fraction of sp³-hybridized carbons (Fsp3) is 0.885. The lowest BCUT2D eigenvalue weighted by Crippen LogP contribution is -2.67. The first-order chi connectivity index (χ1) is 16.3. The standard InChI is InChI=1S/C26H44N4O4/c1-16(2)34-26(33)29-15-17(3)30(25(32)20-8-9-20)22-11-10-21(14-23(22)29)18-4-6-19(7-5-18)24(31)28-13-12-27/h16-23H,4-15,27H2,1-3H3,(H,28,31)/t17-,18?,19?,21?,22?,23?/m0/s1. The molecule has 0 bridgehead atoms. The van der Waals surface area contributed by atoms with Crippen molar-refractivity contribution in [2.75, 3.05) is 19.6 Å². The summed E-state index contributed by atoms with van der Waals surface area (Å²) in [4.78, 5) is 42.7. The highest BCUT2D eigenvalue weighted by Crippen LogP contribution is 2.45. The maximum absolute atomic E-state index is 13.2. The molecule has 1 aliphatic heterocycles. The Balaban J connectivity index is 1.43. The third kappa shape index (κ3) is 5.52. The third-order valence-corrected chi connectivity index (χ3v) is 8.52. The molecule has 4 fully saturated rings. The van der Waals surface area contributed by atoms with Crippen LogP contribution in [-0.2, 0) is 14.3 Å². The van der Waals surface area contributed by atoms with Gasteiger partial charge in [-0.15, -0.1) is 0 Å². The number of fused-ring (bicyclic) bond motifs is 1. The van der Waals surface area contributed by atoms with Gasteiger partial charge in [0.2, 0.25) is 11.8 Å². The van der Waals surface area contributed by atoms with Gasteiger partial charge in [0, 0.05) is 37.5 Å². The molecule has 0 radical (unpaired) electrons. The van der Waals surface area contributed by atoms with Gasteiger partial charge in [-0.2, -0.15) is 0 Å². The van der Waals surface area contributed by atoms with E-state index < -0.39 is 0 Å². The van der Waals surface area contributed by atoms with Crippen LogP contribution < -0.4 is 11.1 Å². The summed E-state index contributed by atoms with van der Waals surface area (Å²) >= 11 is 0. The summed E-state index contributed by atoms with van der Waals surface area (Å²) in [5.74, 6) is 1.83. The molecular formula is C26H44N4O4. The number of nitrogens with one attached hydrogen (secondary N) is 1. The predicted molar refractivity (Wildman–Crippen MR) is 130 cm³/mol. The van der Waals surface area contributed by atoms with Crippen molar-refractivity contribution in [3.8, 4) is 0 Å². The molecule has 4 atom stereocenters. The Hall–Kier alpha value is -1.83. The second-order valence-corrected chi connectivity index (χ2v) is 11.4. The second-order valence-electron chi connectivity index (χ2n) is 11.4. The molecule has 4 rings (SSSR count). The van der Waals surface area contributed by atoms with E-state index in [4.69, 9.17) is 10.5 Å². The Labute approximate surface area is 204 Å². The van der Waals surface area contributed by atoms with E-state index in [1.54, 1.807) is 0 Å². The van der Waals surface area contributed by atoms with E-state index in [2.05, 4.69) is 17.1 Å². The van der Waals surface area contributed by atoms with Crippen molar-refractivity contribution in [3.63, 3.8) is 0 Å². The second kappa shape index (κ2) is 10.8. The zero-order valence-electron chi connectivity index (χ0n) is 21.2. The molecule has 8 nitrogen and oxygen atoms in total. The van der Waals surface area contributed by atoms with Crippen LogP contribution in [0.3, 0.4) is 0 Å². The summed E-state index contributed by atoms with van der Waals surface area (Å²) in [5.41, 5.74) is 5.52. The molecule has 34 heavy (non-hydrogen) atoms. The molecule has 0 spiro atoms. The zero-order valence-corrected chi connectivity index (χ0v) is 21.2. The van der Waals surface area contributed by atoms with E-state index in [-0.39, 0.29) is 48.1 Å². The maximum atomic E-state index is 13.2. The topological polar surface area (TPSA) is 105 Å². The average molecular weight is 477 g/mol. The number of carbonyl (C=O) groups is 3. The fourth-order valence-corrected chi connectivity index (χ4v) is 6.68. The van der Waals surface area contributed by atoms with E-state index >= 15 is 0 Å². The Morgan fingerprint density at radius 2 is 1.59 bits per heavy atom. The predicted octanol–water partition coefficient (Wildman–Crippen LogP) is 2.89. The molecule has 0 aromatic heterocycles. The summed E-state index contributed by atoms with van der Waals surface area (Å²) < 4.78 is 5.63. The first-order valence-electron chi connectivity index (χ1n) is 13.6. The van der Waals surface area contributed by atoms with Crippen LogP contribution in [0.15, 0.2) is 0 Å². The smallest absolute Gasteiger partial charge is 0.410 e. The summed E-state index contributed by atoms with van der Waals surface area (Å²) in [6, 6.07) is 0.133. The van der Waals surface area contributed by atoms with Gasteiger partial charge in [-0.1, -0.05) is 0 Å². The van der Waals surface area contributed by atoms with Gasteiger partial charge in [-0.25, -0.2) is 4.79 Å². The Morgan fingerprint density at radius 3 is 2.21 bits per heavy atom. The molecule has 3 N–H and O–H groups in total. The fourth-order valence-electron chi connectivity index (χ4n) is 6.68. The average Bonchev–Trinajstić information content (AvgIpc) is 3.66. The largest absolute Gasteiger partial charge is 0.447 e. The molecule has 1 saturated heterocycles. The number of rotatable bonds is 6. The highest BCUT2D eigenvalue weighted by atomic mass is 16.6. The number of nitrogens with zero attached hydrogens (tertiary/aromatic N) is 2. The minimum atomic E-state index is -0.240. The van der Waals surface area contributed by atoms with Crippen molar-refractivity contribution in [2.24, 2.45) is 29.4 Å². The summed E-state index contributed by atoms with van der Waals surface area (Å²) in [6.45, 7) is 7.41. The number of ether oxygens (including phenoxy) is 1. The van der Waals surface area contributed by atoms with Crippen molar-refractivity contribution in [1.29, 1.82) is 0 Å². The van der Waals surface area contributed by atoms with Gasteiger partial charge in [-0.05, 0) is 90.4 Å². The van der Waals surface area contributed by atoms with Crippen molar-refractivity contribution in [3.05, 3.63) is 0 Å². The minimum Gasteiger partial charge on any atom is -0.447 e. The van der Waals surface area contributed by atoms with Gasteiger partial charge in [0.25, 0.3) is 0 Å². The van der Waals surface area contributed by atoms with E-state index in [9.17, 15) is 14.4 Å². The van der Waals surface area contributed by atoms with Gasteiger partial charge >= 0.3 is 6.09 Å². The molecule has 3 saturated carbocycles. The van der Waals surface area contributed by atoms with Crippen LogP contribution in [0, 0.1) is 23.7 Å². The number of nitrogens with two attached hydrogens (primary N) is 1. The molecule has 0 aromatic carbocycles. The lowest BCUT2D eigenvalue weighted by molar-refractivity contribution is -0.146. The van der Waals surface area contributed by atoms with Crippen LogP contribution in [0.4, 0.5) is 4.79 Å². The highest BCUT2D eigenvalue weighted by Gasteiger charge is 2.50. The quantitative estimate of drug-likeness (QED) is 0.613. The van der Waals surface area contributed by atoms with Gasteiger partial charge < -0.3 is 25.6 Å². The van der Waals surface area contributed by atoms with Gasteiger partial charge in [0.15, 0.2) is 0 Å². The molecule has 3 amide bonds. The summed E-state index contributed by atoms with van der Waals surface area (Å²) in [5, 5.41) is 2.94. The summed E-state index contributed by atoms with van der Waals surface area (Å²) in [6.07, 6.45) is 8.53. The Bertz CT molecular complexity index is 747. The van der Waals surface area contributed by atoms with Crippen molar-refractivity contribution in [2.45, 2.75) is 103 Å².